The van der Waals surface area contributed by atoms with E-state index in [0.717, 1.165) is 12.1 Å². The van der Waals surface area contributed by atoms with Crippen LogP contribution in [0.15, 0.2) is 59.5 Å². The predicted molar refractivity (Wildman–Crippen MR) is 106 cm³/mol. The number of amides is 1. The number of halogens is 1. The summed E-state index contributed by atoms with van der Waals surface area (Å²) < 4.78 is 64.9. The lowest BCUT2D eigenvalue weighted by Gasteiger charge is -2.21. The highest BCUT2D eigenvalue weighted by Gasteiger charge is 2.33. The van der Waals surface area contributed by atoms with E-state index < -0.39 is 48.6 Å². The van der Waals surface area contributed by atoms with E-state index in [2.05, 4.69) is 10.0 Å². The van der Waals surface area contributed by atoms with Crippen molar-refractivity contribution in [2.45, 2.75) is 29.8 Å². The summed E-state index contributed by atoms with van der Waals surface area (Å²) in [7, 11) is -7.53. The number of hydrogen-bond acceptors (Lipinski definition) is 5. The van der Waals surface area contributed by atoms with Crippen molar-refractivity contribution in [3.8, 4) is 0 Å². The fraction of sp³-hybridized carbons (Fsp3) is 0.316. The van der Waals surface area contributed by atoms with Crippen LogP contribution in [-0.4, -0.2) is 46.3 Å². The van der Waals surface area contributed by atoms with Gasteiger partial charge in [-0.15, -0.1) is 0 Å². The van der Waals surface area contributed by atoms with Crippen molar-refractivity contribution in [3.63, 3.8) is 0 Å². The lowest BCUT2D eigenvalue weighted by Crippen LogP contribution is -2.51. The highest BCUT2D eigenvalue weighted by Crippen LogP contribution is 2.16. The van der Waals surface area contributed by atoms with Crippen LogP contribution in [0.25, 0.3) is 0 Å². The van der Waals surface area contributed by atoms with E-state index in [1.165, 1.54) is 12.1 Å². The van der Waals surface area contributed by atoms with Gasteiger partial charge in [-0.2, -0.15) is 4.72 Å². The largest absolute Gasteiger partial charge is 0.351 e. The smallest absolute Gasteiger partial charge is 0.244 e. The molecule has 1 amide bonds. The van der Waals surface area contributed by atoms with Crippen LogP contribution in [0.1, 0.15) is 12.0 Å². The zero-order valence-corrected chi connectivity index (χ0v) is 17.0. The Bertz CT molecular complexity index is 1090. The minimum Gasteiger partial charge on any atom is -0.351 e. The zero-order valence-electron chi connectivity index (χ0n) is 15.4. The topological polar surface area (TPSA) is 109 Å². The van der Waals surface area contributed by atoms with Crippen LogP contribution in [-0.2, 0) is 31.1 Å². The molecule has 0 aliphatic carbocycles. The number of sulfone groups is 1. The highest BCUT2D eigenvalue weighted by molar-refractivity contribution is 7.91. The summed E-state index contributed by atoms with van der Waals surface area (Å²) in [5, 5.41) is 2.60. The Kier molecular flexibility index (Phi) is 6.35. The average molecular weight is 441 g/mol. The third-order valence-corrected chi connectivity index (χ3v) is 7.87. The first-order chi connectivity index (χ1) is 13.7. The maximum absolute atomic E-state index is 14.0. The summed E-state index contributed by atoms with van der Waals surface area (Å²) in [6.45, 7) is 0. The normalized spacial score (nSPS) is 19.6. The van der Waals surface area contributed by atoms with Crippen LogP contribution >= 0.6 is 0 Å². The monoisotopic (exact) mass is 440 g/mol. The molecule has 2 aromatic carbocycles. The van der Waals surface area contributed by atoms with Crippen molar-refractivity contribution in [3.05, 3.63) is 66.0 Å². The Labute approximate surface area is 169 Å². The van der Waals surface area contributed by atoms with Gasteiger partial charge in [0.15, 0.2) is 9.84 Å². The third-order valence-electron chi connectivity index (χ3n) is 4.60. The van der Waals surface area contributed by atoms with Crippen molar-refractivity contribution in [2.24, 2.45) is 0 Å². The van der Waals surface area contributed by atoms with Gasteiger partial charge in [-0.05, 0) is 30.5 Å². The van der Waals surface area contributed by atoms with E-state index in [4.69, 9.17) is 0 Å². The Morgan fingerprint density at radius 1 is 1.10 bits per heavy atom. The van der Waals surface area contributed by atoms with Gasteiger partial charge in [-0.25, -0.2) is 21.2 Å². The van der Waals surface area contributed by atoms with Crippen LogP contribution in [0.2, 0.25) is 0 Å². The molecule has 1 aliphatic rings. The van der Waals surface area contributed by atoms with Gasteiger partial charge >= 0.3 is 0 Å². The molecule has 1 fully saturated rings. The van der Waals surface area contributed by atoms with Gasteiger partial charge in [0, 0.05) is 6.04 Å². The van der Waals surface area contributed by atoms with Gasteiger partial charge in [0.25, 0.3) is 0 Å². The minimum absolute atomic E-state index is 0.0255. The molecule has 2 N–H and O–H groups in total. The predicted octanol–water partition coefficient (Wildman–Crippen LogP) is 1.02. The molecule has 0 radical (unpaired) electrons. The van der Waals surface area contributed by atoms with E-state index in [0.29, 0.717) is 5.56 Å². The van der Waals surface area contributed by atoms with Crippen LogP contribution in [0, 0.1) is 5.82 Å². The quantitative estimate of drug-likeness (QED) is 0.668. The maximum Gasteiger partial charge on any atom is 0.244 e. The Morgan fingerprint density at radius 3 is 2.38 bits per heavy atom. The van der Waals surface area contributed by atoms with E-state index >= 15 is 0 Å². The summed E-state index contributed by atoms with van der Waals surface area (Å²) in [5.41, 5.74) is 0.697. The standard InChI is InChI=1S/C19H21FN2O5S2/c20-16-8-4-5-9-18(16)29(26,27)22-17(12-14-6-2-1-3-7-14)19(23)21-15-10-11-28(24,25)13-15/h1-9,15,17,22H,10-13H2,(H,21,23). The molecule has 1 aliphatic heterocycles. The van der Waals surface area contributed by atoms with Crippen molar-refractivity contribution < 1.29 is 26.0 Å². The number of nitrogens with one attached hydrogen (secondary N) is 2. The van der Waals surface area contributed by atoms with E-state index in [9.17, 15) is 26.0 Å². The van der Waals surface area contributed by atoms with Gasteiger partial charge in [0.05, 0.1) is 11.5 Å². The fourth-order valence-electron chi connectivity index (χ4n) is 3.16. The van der Waals surface area contributed by atoms with E-state index in [1.54, 1.807) is 30.3 Å². The maximum atomic E-state index is 14.0. The molecular formula is C19H21FN2O5S2. The van der Waals surface area contributed by atoms with Gasteiger partial charge in [-0.3, -0.25) is 4.79 Å². The van der Waals surface area contributed by atoms with E-state index in [-0.39, 0.29) is 24.3 Å². The Hall–Kier alpha value is -2.30. The second kappa shape index (κ2) is 8.60. The van der Waals surface area contributed by atoms with Gasteiger partial charge in [-0.1, -0.05) is 42.5 Å². The number of benzene rings is 2. The molecule has 0 spiro atoms. The van der Waals surface area contributed by atoms with Gasteiger partial charge in [0.1, 0.15) is 16.8 Å². The van der Waals surface area contributed by atoms with Crippen LogP contribution < -0.4 is 10.0 Å². The van der Waals surface area contributed by atoms with E-state index in [1.807, 2.05) is 0 Å². The molecule has 0 bridgehead atoms. The van der Waals surface area contributed by atoms with Crippen molar-refractivity contribution in [1.82, 2.24) is 10.0 Å². The molecular weight excluding hydrogens is 419 g/mol. The van der Waals surface area contributed by atoms with Crippen molar-refractivity contribution >= 4 is 25.8 Å². The number of rotatable bonds is 7. The first-order valence-corrected chi connectivity index (χ1v) is 12.3. The average Bonchev–Trinajstić information content (AvgIpc) is 3.00. The number of hydrogen-bond donors (Lipinski definition) is 2. The Balaban J connectivity index is 1.83. The molecule has 2 unspecified atom stereocenters. The zero-order chi connectivity index (χ0) is 21.1. The van der Waals surface area contributed by atoms with Crippen molar-refractivity contribution in [1.29, 1.82) is 0 Å². The third kappa shape index (κ3) is 5.62. The van der Waals surface area contributed by atoms with Crippen LogP contribution in [0.3, 0.4) is 0 Å². The molecule has 1 heterocycles. The molecule has 2 atom stereocenters. The van der Waals surface area contributed by atoms with Gasteiger partial charge in [0.2, 0.25) is 15.9 Å². The molecule has 7 nitrogen and oxygen atoms in total. The lowest BCUT2D eigenvalue weighted by molar-refractivity contribution is -0.123. The summed E-state index contributed by atoms with van der Waals surface area (Å²) in [4.78, 5) is 12.2. The summed E-state index contributed by atoms with van der Waals surface area (Å²) in [5.74, 6) is -1.80. The summed E-state index contributed by atoms with van der Waals surface area (Å²) in [6, 6.07) is 11.8. The summed E-state index contributed by atoms with van der Waals surface area (Å²) in [6.07, 6.45) is 0.298. The van der Waals surface area contributed by atoms with Gasteiger partial charge < -0.3 is 5.32 Å². The number of carbonyl (C=O) groups is 1. The number of carbonyl (C=O) groups excluding carboxylic acids is 1. The molecule has 29 heavy (non-hydrogen) atoms. The molecule has 0 saturated carbocycles. The summed E-state index contributed by atoms with van der Waals surface area (Å²) >= 11 is 0. The molecule has 3 rings (SSSR count). The molecule has 10 heteroatoms. The fourth-order valence-corrected chi connectivity index (χ4v) is 6.11. The molecule has 1 saturated heterocycles. The SMILES string of the molecule is O=C(NC1CCS(=O)(=O)C1)C(Cc1ccccc1)NS(=O)(=O)c1ccccc1F. The van der Waals surface area contributed by atoms with Crippen LogP contribution in [0.5, 0.6) is 0 Å². The first kappa shape index (κ1) is 21.4. The minimum atomic E-state index is -4.32. The second-order valence-electron chi connectivity index (χ2n) is 6.90. The first-order valence-electron chi connectivity index (χ1n) is 8.98. The second-order valence-corrected chi connectivity index (χ2v) is 10.8. The Morgan fingerprint density at radius 2 is 1.76 bits per heavy atom. The molecule has 2 aromatic rings. The number of sulfonamides is 1. The molecule has 0 aromatic heterocycles. The van der Waals surface area contributed by atoms with Crippen LogP contribution in [0.4, 0.5) is 4.39 Å². The molecule has 156 valence electrons. The highest BCUT2D eigenvalue weighted by atomic mass is 32.2. The van der Waals surface area contributed by atoms with Crippen molar-refractivity contribution in [2.75, 3.05) is 11.5 Å². The lowest BCUT2D eigenvalue weighted by atomic mass is 10.1.